The SMILES string of the molecule is C=C(C)C(=O)O[Si](O[Si](C)(O[Si](C)(C)C)O[Si](CC)(CC)CC)(C(C)CC)C(C)CC. The average Bonchev–Trinajstić information content (AvgIpc) is 2.68. The van der Waals surface area contributed by atoms with Crippen molar-refractivity contribution in [2.24, 2.45) is 0 Å². The highest BCUT2D eigenvalue weighted by atomic mass is 28.5. The van der Waals surface area contributed by atoms with Gasteiger partial charge in [0.15, 0.2) is 16.6 Å². The predicted octanol–water partition coefficient (Wildman–Crippen LogP) is 7.61. The number of hydrogen-bond acceptors (Lipinski definition) is 5. The summed E-state index contributed by atoms with van der Waals surface area (Å²) < 4.78 is 27.2. The highest BCUT2D eigenvalue weighted by Gasteiger charge is 2.59. The van der Waals surface area contributed by atoms with Crippen molar-refractivity contribution >= 4 is 40.0 Å². The number of carbonyl (C=O) groups excluding carboxylic acids is 1. The van der Waals surface area contributed by atoms with Gasteiger partial charge in [0, 0.05) is 23.2 Å². The van der Waals surface area contributed by atoms with Crippen LogP contribution in [-0.4, -0.2) is 40.0 Å². The Morgan fingerprint density at radius 2 is 1.23 bits per heavy atom. The lowest BCUT2D eigenvalue weighted by molar-refractivity contribution is -0.132. The van der Waals surface area contributed by atoms with Gasteiger partial charge < -0.3 is 16.8 Å². The maximum atomic E-state index is 12.8. The Hall–Kier alpha value is -0.0425. The molecule has 3 atom stereocenters. The first-order chi connectivity index (χ1) is 14.1. The van der Waals surface area contributed by atoms with Crippen LogP contribution in [0.15, 0.2) is 12.2 Å². The van der Waals surface area contributed by atoms with Crippen molar-refractivity contribution in [3.05, 3.63) is 12.2 Å². The standard InChI is InChI=1S/C22H50O5Si4/c1-14-20(8)31(21(9)15-2,24-22(23)19(6)7)27-29(13,25-28(10,11)12)26-30(16-3,17-4)18-5/h20-21H,6,14-18H2,1-5,7-13H3. The first kappa shape index (κ1) is 31.0. The van der Waals surface area contributed by atoms with Crippen molar-refractivity contribution in [3.8, 4) is 0 Å². The van der Waals surface area contributed by atoms with Crippen LogP contribution in [0.2, 0.25) is 55.4 Å². The molecule has 0 radical (unpaired) electrons. The molecule has 0 N–H and O–H groups in total. The van der Waals surface area contributed by atoms with E-state index in [1.54, 1.807) is 6.92 Å². The molecular weight excluding hydrogens is 457 g/mol. The molecule has 0 bridgehead atoms. The van der Waals surface area contributed by atoms with Crippen molar-refractivity contribution < 1.29 is 21.6 Å². The first-order valence-corrected chi connectivity index (χ1v) is 22.2. The Morgan fingerprint density at radius 3 is 1.52 bits per heavy atom. The molecule has 0 amide bonds. The van der Waals surface area contributed by atoms with Crippen LogP contribution in [0.5, 0.6) is 0 Å². The van der Waals surface area contributed by atoms with E-state index in [1.165, 1.54) is 0 Å². The fraction of sp³-hybridized carbons (Fsp3) is 0.864. The Morgan fingerprint density at radius 1 is 0.806 bits per heavy atom. The normalized spacial score (nSPS) is 18.6. The lowest BCUT2D eigenvalue weighted by Gasteiger charge is -2.47. The van der Waals surface area contributed by atoms with Gasteiger partial charge in [-0.05, 0) is 44.7 Å². The van der Waals surface area contributed by atoms with Crippen LogP contribution in [0.25, 0.3) is 0 Å². The first-order valence-electron chi connectivity index (χ1n) is 12.1. The maximum absolute atomic E-state index is 12.8. The molecule has 0 aliphatic rings. The van der Waals surface area contributed by atoms with E-state index in [4.69, 9.17) is 16.8 Å². The van der Waals surface area contributed by atoms with E-state index < -0.39 is 34.0 Å². The summed E-state index contributed by atoms with van der Waals surface area (Å²) in [7, 11) is -10.1. The molecule has 0 heterocycles. The average molecular weight is 507 g/mol. The van der Waals surface area contributed by atoms with Crippen LogP contribution < -0.4 is 0 Å². The summed E-state index contributed by atoms with van der Waals surface area (Å²) in [5, 5.41) is 0. The third-order valence-electron chi connectivity index (χ3n) is 6.37. The van der Waals surface area contributed by atoms with Crippen molar-refractivity contribution in [1.29, 1.82) is 0 Å². The van der Waals surface area contributed by atoms with Gasteiger partial charge in [0.1, 0.15) is 0 Å². The highest BCUT2D eigenvalue weighted by Crippen LogP contribution is 2.43. The lowest BCUT2D eigenvalue weighted by Crippen LogP contribution is -2.65. The number of rotatable bonds is 15. The van der Waals surface area contributed by atoms with Crippen LogP contribution in [0.1, 0.15) is 68.2 Å². The molecule has 0 aromatic carbocycles. The van der Waals surface area contributed by atoms with Crippen LogP contribution in [0.4, 0.5) is 0 Å². The van der Waals surface area contributed by atoms with Gasteiger partial charge in [0.25, 0.3) is 0 Å². The molecule has 0 fully saturated rings. The summed E-state index contributed by atoms with van der Waals surface area (Å²) in [6.45, 7) is 29.3. The van der Waals surface area contributed by atoms with E-state index in [0.717, 1.165) is 31.0 Å². The van der Waals surface area contributed by atoms with Crippen LogP contribution in [0, 0.1) is 0 Å². The third kappa shape index (κ3) is 8.67. The van der Waals surface area contributed by atoms with Gasteiger partial charge in [0.2, 0.25) is 0 Å². The van der Waals surface area contributed by atoms with E-state index in [9.17, 15) is 4.79 Å². The van der Waals surface area contributed by atoms with Gasteiger partial charge in [-0.25, -0.2) is 4.79 Å². The summed E-state index contributed by atoms with van der Waals surface area (Å²) in [4.78, 5) is 12.8. The monoisotopic (exact) mass is 506 g/mol. The molecule has 0 saturated carbocycles. The van der Waals surface area contributed by atoms with Crippen LogP contribution >= 0.6 is 0 Å². The van der Waals surface area contributed by atoms with Gasteiger partial charge in [-0.15, -0.1) is 0 Å². The van der Waals surface area contributed by atoms with Crippen molar-refractivity contribution in [1.82, 2.24) is 0 Å². The molecular formula is C22H50O5Si4. The molecule has 0 aliphatic carbocycles. The zero-order valence-corrected chi connectivity index (χ0v) is 26.4. The Balaban J connectivity index is 6.64. The third-order valence-corrected chi connectivity index (χ3v) is 24.2. The number of hydrogen-bond donors (Lipinski definition) is 0. The van der Waals surface area contributed by atoms with E-state index in [-0.39, 0.29) is 17.1 Å². The van der Waals surface area contributed by atoms with Gasteiger partial charge in [-0.2, -0.15) is 0 Å². The Labute approximate surface area is 197 Å². The van der Waals surface area contributed by atoms with Crippen LogP contribution in [-0.2, 0) is 21.6 Å². The molecule has 31 heavy (non-hydrogen) atoms. The summed E-state index contributed by atoms with van der Waals surface area (Å²) >= 11 is 0. The highest BCUT2D eigenvalue weighted by molar-refractivity contribution is 6.90. The molecule has 0 rings (SSSR count). The minimum absolute atomic E-state index is 0.118. The summed E-state index contributed by atoms with van der Waals surface area (Å²) in [6, 6.07) is 3.06. The molecule has 0 aliphatic heterocycles. The second kappa shape index (κ2) is 12.4. The molecule has 5 nitrogen and oxygen atoms in total. The van der Waals surface area contributed by atoms with E-state index >= 15 is 0 Å². The Bertz CT molecular complexity index is 571. The van der Waals surface area contributed by atoms with E-state index in [0.29, 0.717) is 5.57 Å². The lowest BCUT2D eigenvalue weighted by atomic mass is 10.3. The smallest absolute Gasteiger partial charge is 0.468 e. The maximum Gasteiger partial charge on any atom is 0.468 e. The van der Waals surface area contributed by atoms with Gasteiger partial charge in [-0.3, -0.25) is 0 Å². The molecule has 0 aromatic heterocycles. The second-order valence-electron chi connectivity index (χ2n) is 10.0. The molecule has 184 valence electrons. The molecule has 0 saturated heterocycles. The zero-order valence-electron chi connectivity index (χ0n) is 22.4. The van der Waals surface area contributed by atoms with Crippen molar-refractivity contribution in [2.75, 3.05) is 0 Å². The topological polar surface area (TPSA) is 54.0 Å². The molecule has 9 heteroatoms. The zero-order chi connectivity index (χ0) is 24.7. The summed E-state index contributed by atoms with van der Waals surface area (Å²) in [5.41, 5.74) is 0.640. The van der Waals surface area contributed by atoms with Crippen LogP contribution in [0.3, 0.4) is 0 Å². The van der Waals surface area contributed by atoms with E-state index in [2.05, 4.69) is 81.2 Å². The molecule has 0 aromatic rings. The summed E-state index contributed by atoms with van der Waals surface area (Å²) in [6.07, 6.45) is 1.74. The van der Waals surface area contributed by atoms with E-state index in [1.807, 2.05) is 0 Å². The Kier molecular flexibility index (Phi) is 12.4. The molecule has 3 unspecified atom stereocenters. The minimum atomic E-state index is -3.10. The fourth-order valence-electron chi connectivity index (χ4n) is 3.98. The van der Waals surface area contributed by atoms with Crippen molar-refractivity contribution in [2.45, 2.75) is 124 Å². The largest absolute Gasteiger partial charge is 0.491 e. The fourth-order valence-corrected chi connectivity index (χ4v) is 23.5. The quantitative estimate of drug-likeness (QED) is 0.169. The minimum Gasteiger partial charge on any atom is -0.491 e. The molecule has 0 spiro atoms. The predicted molar refractivity (Wildman–Crippen MR) is 142 cm³/mol. The van der Waals surface area contributed by atoms with Gasteiger partial charge in [-0.1, -0.05) is 67.9 Å². The second-order valence-corrected chi connectivity index (χ2v) is 26.5. The summed E-state index contributed by atoms with van der Waals surface area (Å²) in [5.74, 6) is -0.360. The van der Waals surface area contributed by atoms with Crippen molar-refractivity contribution in [3.63, 3.8) is 0 Å². The van der Waals surface area contributed by atoms with Gasteiger partial charge >= 0.3 is 23.3 Å². The number of carbonyl (C=O) groups is 1. The van der Waals surface area contributed by atoms with Gasteiger partial charge in [0.05, 0.1) is 0 Å².